The van der Waals surface area contributed by atoms with E-state index in [0.29, 0.717) is 10.2 Å². The van der Waals surface area contributed by atoms with Gasteiger partial charge in [0.05, 0.1) is 5.56 Å². The van der Waals surface area contributed by atoms with Crippen LogP contribution in [0.1, 0.15) is 21.5 Å². The van der Waals surface area contributed by atoms with Gasteiger partial charge in [0.15, 0.2) is 6.61 Å². The molecule has 2 aromatic rings. The monoisotopic (exact) mass is 394 g/mol. The van der Waals surface area contributed by atoms with E-state index in [1.165, 1.54) is 12.1 Å². The molecule has 24 heavy (non-hydrogen) atoms. The molecular weight excluding hydrogens is 379 g/mol. The van der Waals surface area contributed by atoms with E-state index in [4.69, 9.17) is 4.74 Å². The zero-order valence-corrected chi connectivity index (χ0v) is 14.7. The van der Waals surface area contributed by atoms with Crippen molar-refractivity contribution < 1.29 is 18.7 Å². The number of benzene rings is 2. The van der Waals surface area contributed by atoms with Crippen molar-refractivity contribution >= 4 is 27.7 Å². The van der Waals surface area contributed by atoms with Crippen molar-refractivity contribution in [1.29, 1.82) is 0 Å². The molecule has 0 aliphatic heterocycles. The topological polar surface area (TPSA) is 67.4 Å². The lowest BCUT2D eigenvalue weighted by atomic mass is 10.1. The summed E-state index contributed by atoms with van der Waals surface area (Å²) in [7, 11) is 0. The number of carbonyl (C=O) groups is 2. The first kappa shape index (κ1) is 17.9. The molecule has 0 radical (unpaired) electrons. The number of amides is 2. The fraction of sp³-hybridized carbons (Fsp3) is 0.176. The summed E-state index contributed by atoms with van der Waals surface area (Å²) in [4.78, 5) is 23.6. The SMILES string of the molecule is Cc1ccc(OCC(=O)NNC(=O)c2cc(Br)ccc2F)cc1C. The zero-order chi connectivity index (χ0) is 17.7. The van der Waals surface area contributed by atoms with E-state index < -0.39 is 17.6 Å². The van der Waals surface area contributed by atoms with Crippen molar-refractivity contribution in [2.75, 3.05) is 6.61 Å². The Kier molecular flexibility index (Phi) is 5.92. The Morgan fingerprint density at radius 3 is 2.54 bits per heavy atom. The first-order valence-electron chi connectivity index (χ1n) is 7.11. The maximum Gasteiger partial charge on any atom is 0.276 e. The number of ether oxygens (including phenoxy) is 1. The molecule has 126 valence electrons. The Balaban J connectivity index is 1.85. The molecule has 0 aliphatic rings. The Hall–Kier alpha value is -2.41. The van der Waals surface area contributed by atoms with Crippen LogP contribution in [0, 0.1) is 19.7 Å². The highest BCUT2D eigenvalue weighted by molar-refractivity contribution is 9.10. The molecule has 0 saturated heterocycles. The third-order valence-electron chi connectivity index (χ3n) is 3.34. The number of hydrazine groups is 1. The van der Waals surface area contributed by atoms with Crippen molar-refractivity contribution in [3.63, 3.8) is 0 Å². The van der Waals surface area contributed by atoms with Crippen LogP contribution in [0.4, 0.5) is 4.39 Å². The summed E-state index contributed by atoms with van der Waals surface area (Å²) in [5.74, 6) is -1.45. The maximum absolute atomic E-state index is 13.6. The second-order valence-electron chi connectivity index (χ2n) is 5.16. The van der Waals surface area contributed by atoms with Crippen LogP contribution in [0.5, 0.6) is 5.75 Å². The summed E-state index contributed by atoms with van der Waals surface area (Å²) in [6.07, 6.45) is 0. The summed E-state index contributed by atoms with van der Waals surface area (Å²) in [5.41, 5.74) is 6.31. The lowest BCUT2D eigenvalue weighted by molar-refractivity contribution is -0.123. The van der Waals surface area contributed by atoms with Gasteiger partial charge >= 0.3 is 0 Å². The number of carbonyl (C=O) groups excluding carboxylic acids is 2. The zero-order valence-electron chi connectivity index (χ0n) is 13.2. The van der Waals surface area contributed by atoms with Crippen molar-refractivity contribution in [2.24, 2.45) is 0 Å². The van der Waals surface area contributed by atoms with Crippen molar-refractivity contribution in [1.82, 2.24) is 10.9 Å². The van der Waals surface area contributed by atoms with E-state index in [2.05, 4.69) is 26.8 Å². The third-order valence-corrected chi connectivity index (χ3v) is 3.83. The van der Waals surface area contributed by atoms with E-state index >= 15 is 0 Å². The minimum atomic E-state index is -0.756. The summed E-state index contributed by atoms with van der Waals surface area (Å²) < 4.78 is 19.5. The summed E-state index contributed by atoms with van der Waals surface area (Å²) in [6, 6.07) is 9.41. The first-order valence-corrected chi connectivity index (χ1v) is 7.90. The van der Waals surface area contributed by atoms with Gasteiger partial charge in [-0.3, -0.25) is 20.4 Å². The van der Waals surface area contributed by atoms with Gasteiger partial charge in [-0.1, -0.05) is 22.0 Å². The molecule has 5 nitrogen and oxygen atoms in total. The van der Waals surface area contributed by atoms with Crippen LogP contribution >= 0.6 is 15.9 Å². The molecule has 7 heteroatoms. The van der Waals surface area contributed by atoms with Gasteiger partial charge in [-0.2, -0.15) is 0 Å². The molecule has 0 unspecified atom stereocenters. The predicted octanol–water partition coefficient (Wildman–Crippen LogP) is 3.05. The molecule has 0 spiro atoms. The summed E-state index contributed by atoms with van der Waals surface area (Å²) >= 11 is 3.15. The molecule has 0 atom stereocenters. The summed E-state index contributed by atoms with van der Waals surface area (Å²) in [5, 5.41) is 0. The van der Waals surface area contributed by atoms with E-state index in [-0.39, 0.29) is 12.2 Å². The fourth-order valence-corrected chi connectivity index (χ4v) is 2.22. The van der Waals surface area contributed by atoms with Crippen LogP contribution in [0.2, 0.25) is 0 Å². The highest BCUT2D eigenvalue weighted by Gasteiger charge is 2.13. The van der Waals surface area contributed by atoms with Crippen LogP contribution < -0.4 is 15.6 Å². The molecule has 2 rings (SSSR count). The number of rotatable bonds is 4. The van der Waals surface area contributed by atoms with Gasteiger partial charge in [-0.25, -0.2) is 4.39 Å². The third kappa shape index (κ3) is 4.79. The maximum atomic E-state index is 13.6. The van der Waals surface area contributed by atoms with Crippen molar-refractivity contribution in [3.05, 3.63) is 63.4 Å². The Morgan fingerprint density at radius 1 is 1.08 bits per heavy atom. The number of hydrogen-bond acceptors (Lipinski definition) is 3. The van der Waals surface area contributed by atoms with Gasteiger partial charge in [0.1, 0.15) is 11.6 Å². The first-order chi connectivity index (χ1) is 11.4. The van der Waals surface area contributed by atoms with Crippen LogP contribution in [-0.4, -0.2) is 18.4 Å². The Bertz CT molecular complexity index is 780. The molecule has 2 N–H and O–H groups in total. The minimum Gasteiger partial charge on any atom is -0.484 e. The molecular formula is C17H16BrFN2O3. The normalized spacial score (nSPS) is 10.2. The number of aryl methyl sites for hydroxylation is 2. The molecule has 2 amide bonds. The van der Waals surface area contributed by atoms with E-state index in [1.54, 1.807) is 6.07 Å². The quantitative estimate of drug-likeness (QED) is 0.783. The number of hydrogen-bond donors (Lipinski definition) is 2. The van der Waals surface area contributed by atoms with Gasteiger partial charge in [-0.05, 0) is 55.3 Å². The highest BCUT2D eigenvalue weighted by atomic mass is 79.9. The second kappa shape index (κ2) is 7.92. The van der Waals surface area contributed by atoms with Gasteiger partial charge < -0.3 is 4.74 Å². The highest BCUT2D eigenvalue weighted by Crippen LogP contribution is 2.16. The fourth-order valence-electron chi connectivity index (χ4n) is 1.85. The predicted molar refractivity (Wildman–Crippen MR) is 91.1 cm³/mol. The Labute approximate surface area is 147 Å². The lowest BCUT2D eigenvalue weighted by Gasteiger charge is -2.10. The molecule has 0 heterocycles. The molecule has 0 aromatic heterocycles. The minimum absolute atomic E-state index is 0.181. The number of nitrogens with one attached hydrogen (secondary N) is 2. The van der Waals surface area contributed by atoms with E-state index in [1.807, 2.05) is 26.0 Å². The van der Waals surface area contributed by atoms with Crippen LogP contribution in [0.3, 0.4) is 0 Å². The largest absolute Gasteiger partial charge is 0.484 e. The second-order valence-corrected chi connectivity index (χ2v) is 6.08. The van der Waals surface area contributed by atoms with Gasteiger partial charge in [0.25, 0.3) is 11.8 Å². The lowest BCUT2D eigenvalue weighted by Crippen LogP contribution is -2.44. The van der Waals surface area contributed by atoms with Crippen molar-refractivity contribution in [3.8, 4) is 5.75 Å². The smallest absolute Gasteiger partial charge is 0.276 e. The molecule has 0 saturated carbocycles. The van der Waals surface area contributed by atoms with E-state index in [9.17, 15) is 14.0 Å². The van der Waals surface area contributed by atoms with Gasteiger partial charge in [0.2, 0.25) is 0 Å². The van der Waals surface area contributed by atoms with Crippen LogP contribution in [0.25, 0.3) is 0 Å². The van der Waals surface area contributed by atoms with E-state index in [0.717, 1.165) is 17.2 Å². The Morgan fingerprint density at radius 2 is 1.83 bits per heavy atom. The standard InChI is InChI=1S/C17H16BrFN2O3/c1-10-3-5-13(7-11(10)2)24-9-16(22)20-21-17(23)14-8-12(18)4-6-15(14)19/h3-8H,9H2,1-2H3,(H,20,22)(H,21,23). The average Bonchev–Trinajstić information content (AvgIpc) is 2.56. The average molecular weight is 395 g/mol. The van der Waals surface area contributed by atoms with Crippen molar-refractivity contribution in [2.45, 2.75) is 13.8 Å². The number of halogens is 2. The molecule has 0 fully saturated rings. The summed E-state index contributed by atoms with van der Waals surface area (Å²) in [6.45, 7) is 3.64. The van der Waals surface area contributed by atoms with Gasteiger partial charge in [-0.15, -0.1) is 0 Å². The molecule has 0 bridgehead atoms. The van der Waals surface area contributed by atoms with Crippen LogP contribution in [0.15, 0.2) is 40.9 Å². The van der Waals surface area contributed by atoms with Crippen LogP contribution in [-0.2, 0) is 4.79 Å². The molecule has 2 aromatic carbocycles. The van der Waals surface area contributed by atoms with Gasteiger partial charge in [0, 0.05) is 4.47 Å². The molecule has 0 aliphatic carbocycles.